The van der Waals surface area contributed by atoms with Crippen molar-refractivity contribution in [2.45, 2.75) is 44.2 Å². The van der Waals surface area contributed by atoms with Gasteiger partial charge in [0, 0.05) is 19.7 Å². The van der Waals surface area contributed by atoms with Crippen molar-refractivity contribution < 1.29 is 14.7 Å². The first-order chi connectivity index (χ1) is 11.0. The second-order valence-corrected chi connectivity index (χ2v) is 6.45. The average molecular weight is 314 g/mol. The molecule has 0 bridgehead atoms. The van der Waals surface area contributed by atoms with Crippen LogP contribution >= 0.6 is 0 Å². The molecule has 3 rings (SSSR count). The van der Waals surface area contributed by atoms with E-state index in [4.69, 9.17) is 0 Å². The zero-order valence-corrected chi connectivity index (χ0v) is 13.3. The third-order valence-electron chi connectivity index (χ3n) is 4.75. The third-order valence-corrected chi connectivity index (χ3v) is 4.75. The van der Waals surface area contributed by atoms with E-state index in [1.54, 1.807) is 11.1 Å². The first kappa shape index (κ1) is 15.7. The lowest BCUT2D eigenvalue weighted by Crippen LogP contribution is -2.48. The van der Waals surface area contributed by atoms with Crippen molar-refractivity contribution in [3.8, 4) is 0 Å². The van der Waals surface area contributed by atoms with Gasteiger partial charge in [-0.2, -0.15) is 0 Å². The van der Waals surface area contributed by atoms with Crippen molar-refractivity contribution >= 4 is 17.9 Å². The Morgan fingerprint density at radius 2 is 2.09 bits per heavy atom. The molecule has 0 spiro atoms. The number of amides is 2. The Balaban J connectivity index is 1.71. The number of fused-ring (bicyclic) bond motifs is 1. The molecule has 0 saturated heterocycles. The molecule has 1 aromatic rings. The summed E-state index contributed by atoms with van der Waals surface area (Å²) in [4.78, 5) is 25.8. The summed E-state index contributed by atoms with van der Waals surface area (Å²) >= 11 is 0. The van der Waals surface area contributed by atoms with Crippen molar-refractivity contribution in [2.24, 2.45) is 0 Å². The standard InChI is InChI=1S/C18H22N2O3/c1-13(21)20-10-7-14-5-2-3-6-15(14)16(20)11-17(22)19-12-18(23)8-4-9-18/h2-3,5-7,10,16,23H,4,8-9,11-12H2,1H3,(H,19,22). The number of carbonyl (C=O) groups excluding carboxylic acids is 2. The van der Waals surface area contributed by atoms with Crippen LogP contribution in [-0.2, 0) is 9.59 Å². The highest BCUT2D eigenvalue weighted by molar-refractivity contribution is 5.81. The normalized spacial score (nSPS) is 21.3. The van der Waals surface area contributed by atoms with Gasteiger partial charge in [-0.15, -0.1) is 0 Å². The minimum Gasteiger partial charge on any atom is -0.388 e. The molecular formula is C18H22N2O3. The van der Waals surface area contributed by atoms with Crippen LogP contribution in [0.5, 0.6) is 0 Å². The first-order valence-corrected chi connectivity index (χ1v) is 8.04. The highest BCUT2D eigenvalue weighted by Crippen LogP contribution is 2.33. The highest BCUT2D eigenvalue weighted by Gasteiger charge is 2.35. The zero-order valence-electron chi connectivity index (χ0n) is 13.3. The molecule has 1 fully saturated rings. The molecule has 2 N–H and O–H groups in total. The van der Waals surface area contributed by atoms with E-state index in [1.165, 1.54) is 6.92 Å². The van der Waals surface area contributed by atoms with Crippen LogP contribution < -0.4 is 5.32 Å². The van der Waals surface area contributed by atoms with Crippen LogP contribution in [0.1, 0.15) is 49.8 Å². The molecule has 0 radical (unpaired) electrons. The van der Waals surface area contributed by atoms with Gasteiger partial charge in [-0.3, -0.25) is 9.59 Å². The van der Waals surface area contributed by atoms with Gasteiger partial charge in [0.1, 0.15) is 0 Å². The van der Waals surface area contributed by atoms with Crippen LogP contribution in [-0.4, -0.2) is 34.0 Å². The maximum atomic E-state index is 12.3. The summed E-state index contributed by atoms with van der Waals surface area (Å²) < 4.78 is 0. The molecular weight excluding hydrogens is 292 g/mol. The number of nitrogens with one attached hydrogen (secondary N) is 1. The van der Waals surface area contributed by atoms with E-state index in [-0.39, 0.29) is 30.8 Å². The van der Waals surface area contributed by atoms with E-state index in [0.717, 1.165) is 30.4 Å². The molecule has 1 unspecified atom stereocenters. The van der Waals surface area contributed by atoms with Crippen molar-refractivity contribution in [3.63, 3.8) is 0 Å². The molecule has 122 valence electrons. The minimum atomic E-state index is -0.736. The summed E-state index contributed by atoms with van der Waals surface area (Å²) in [6.45, 7) is 1.79. The molecule has 2 amide bonds. The number of rotatable bonds is 4. The van der Waals surface area contributed by atoms with Crippen LogP contribution in [0.2, 0.25) is 0 Å². The van der Waals surface area contributed by atoms with E-state index in [9.17, 15) is 14.7 Å². The molecule has 1 atom stereocenters. The Kier molecular flexibility index (Phi) is 4.22. The molecule has 1 aliphatic carbocycles. The first-order valence-electron chi connectivity index (χ1n) is 8.04. The maximum Gasteiger partial charge on any atom is 0.223 e. The highest BCUT2D eigenvalue weighted by atomic mass is 16.3. The predicted molar refractivity (Wildman–Crippen MR) is 87.2 cm³/mol. The van der Waals surface area contributed by atoms with Crippen LogP contribution in [0, 0.1) is 0 Å². The lowest BCUT2D eigenvalue weighted by Gasteiger charge is -2.37. The molecule has 23 heavy (non-hydrogen) atoms. The lowest BCUT2D eigenvalue weighted by molar-refractivity contribution is -0.130. The van der Waals surface area contributed by atoms with Crippen molar-refractivity contribution in [1.29, 1.82) is 0 Å². The van der Waals surface area contributed by atoms with Crippen LogP contribution in [0.4, 0.5) is 0 Å². The van der Waals surface area contributed by atoms with Crippen LogP contribution in [0.25, 0.3) is 6.08 Å². The maximum absolute atomic E-state index is 12.3. The summed E-state index contributed by atoms with van der Waals surface area (Å²) in [5.74, 6) is -0.238. The van der Waals surface area contributed by atoms with Crippen molar-refractivity contribution in [3.05, 3.63) is 41.6 Å². The SMILES string of the molecule is CC(=O)N1C=Cc2ccccc2C1CC(=O)NCC1(O)CCC1. The van der Waals surface area contributed by atoms with Gasteiger partial charge in [0.05, 0.1) is 18.1 Å². The van der Waals surface area contributed by atoms with Crippen LogP contribution in [0.3, 0.4) is 0 Å². The Hall–Kier alpha value is -2.14. The Bertz CT molecular complexity index is 649. The van der Waals surface area contributed by atoms with E-state index >= 15 is 0 Å². The van der Waals surface area contributed by atoms with Gasteiger partial charge in [-0.1, -0.05) is 24.3 Å². The lowest BCUT2D eigenvalue weighted by atomic mass is 9.80. The fraction of sp³-hybridized carbons (Fsp3) is 0.444. The summed E-state index contributed by atoms with van der Waals surface area (Å²) in [5, 5.41) is 12.9. The smallest absolute Gasteiger partial charge is 0.223 e. The van der Waals surface area contributed by atoms with E-state index < -0.39 is 5.60 Å². The van der Waals surface area contributed by atoms with E-state index in [2.05, 4.69) is 5.32 Å². The monoisotopic (exact) mass is 314 g/mol. The predicted octanol–water partition coefficient (Wildman–Crippen LogP) is 1.98. The fourth-order valence-electron chi connectivity index (χ4n) is 3.19. The average Bonchev–Trinajstić information content (AvgIpc) is 2.51. The number of carbonyl (C=O) groups is 2. The number of benzene rings is 1. The second-order valence-electron chi connectivity index (χ2n) is 6.45. The van der Waals surface area contributed by atoms with Gasteiger partial charge >= 0.3 is 0 Å². The molecule has 1 saturated carbocycles. The second kappa shape index (κ2) is 6.16. The van der Waals surface area contributed by atoms with Gasteiger partial charge in [0.2, 0.25) is 11.8 Å². The zero-order chi connectivity index (χ0) is 16.4. The summed E-state index contributed by atoms with van der Waals surface area (Å²) in [5.41, 5.74) is 1.27. The van der Waals surface area contributed by atoms with E-state index in [1.807, 2.05) is 30.3 Å². The van der Waals surface area contributed by atoms with Gasteiger partial charge < -0.3 is 15.3 Å². The van der Waals surface area contributed by atoms with Gasteiger partial charge in [0.15, 0.2) is 0 Å². The Labute approximate surface area is 136 Å². The fourth-order valence-corrected chi connectivity index (χ4v) is 3.19. The number of hydrogen-bond acceptors (Lipinski definition) is 3. The molecule has 1 aliphatic heterocycles. The number of hydrogen-bond donors (Lipinski definition) is 2. The molecule has 2 aliphatic rings. The summed E-state index contributed by atoms with van der Waals surface area (Å²) in [7, 11) is 0. The topological polar surface area (TPSA) is 69.6 Å². The Morgan fingerprint density at radius 3 is 2.74 bits per heavy atom. The van der Waals surface area contributed by atoms with Crippen molar-refractivity contribution in [1.82, 2.24) is 10.2 Å². The molecule has 0 aromatic heterocycles. The molecule has 5 heteroatoms. The largest absolute Gasteiger partial charge is 0.388 e. The molecule has 1 heterocycles. The number of aliphatic hydroxyl groups is 1. The van der Waals surface area contributed by atoms with Gasteiger partial charge in [-0.25, -0.2) is 0 Å². The quantitative estimate of drug-likeness (QED) is 0.893. The Morgan fingerprint density at radius 1 is 1.35 bits per heavy atom. The van der Waals surface area contributed by atoms with Crippen molar-refractivity contribution in [2.75, 3.05) is 6.54 Å². The van der Waals surface area contributed by atoms with Gasteiger partial charge in [0.25, 0.3) is 0 Å². The molecule has 5 nitrogen and oxygen atoms in total. The third kappa shape index (κ3) is 3.29. The van der Waals surface area contributed by atoms with Crippen LogP contribution in [0.15, 0.2) is 30.5 Å². The van der Waals surface area contributed by atoms with E-state index in [0.29, 0.717) is 0 Å². The minimum absolute atomic E-state index is 0.0915. The number of nitrogens with zero attached hydrogens (tertiary/aromatic N) is 1. The summed E-state index contributed by atoms with van der Waals surface area (Å²) in [6, 6.07) is 7.48. The molecule has 1 aromatic carbocycles. The summed E-state index contributed by atoms with van der Waals surface area (Å²) in [6.07, 6.45) is 6.30. The van der Waals surface area contributed by atoms with Gasteiger partial charge in [-0.05, 0) is 36.5 Å².